The number of carbonyl (C=O) groups excluding carboxylic acids is 1. The van der Waals surface area contributed by atoms with Crippen molar-refractivity contribution in [1.82, 2.24) is 5.32 Å². The van der Waals surface area contributed by atoms with Gasteiger partial charge < -0.3 is 10.4 Å². The summed E-state index contributed by atoms with van der Waals surface area (Å²) in [6, 6.07) is 3.90. The second-order valence-corrected chi connectivity index (χ2v) is 7.29. The van der Waals surface area contributed by atoms with Crippen molar-refractivity contribution in [3.63, 3.8) is 0 Å². The first kappa shape index (κ1) is 15.4. The highest BCUT2D eigenvalue weighted by Gasteiger charge is 2.39. The van der Waals surface area contributed by atoms with Crippen molar-refractivity contribution in [2.75, 3.05) is 5.75 Å². The maximum Gasteiger partial charge on any atom is 0.329 e. The topological polar surface area (TPSA) is 66.4 Å². The molecule has 6 heteroatoms. The van der Waals surface area contributed by atoms with Gasteiger partial charge in [0.15, 0.2) is 0 Å². The minimum atomic E-state index is -1.05. The molecule has 0 bridgehead atoms. The van der Waals surface area contributed by atoms with Gasteiger partial charge in [-0.1, -0.05) is 31.7 Å². The summed E-state index contributed by atoms with van der Waals surface area (Å²) in [6.45, 7) is 0. The molecule has 1 aromatic rings. The molecule has 4 nitrogen and oxygen atoms in total. The van der Waals surface area contributed by atoms with Crippen LogP contribution in [-0.2, 0) is 9.59 Å². The Labute approximate surface area is 127 Å². The Balaban J connectivity index is 1.93. The van der Waals surface area contributed by atoms with Crippen molar-refractivity contribution in [2.24, 2.45) is 0 Å². The van der Waals surface area contributed by atoms with Gasteiger partial charge in [-0.05, 0) is 24.3 Å². The number of nitrogens with one attached hydrogen (secondary N) is 1. The molecule has 110 valence electrons. The minimum Gasteiger partial charge on any atom is -0.480 e. The molecule has 0 aliphatic heterocycles. The highest BCUT2D eigenvalue weighted by atomic mass is 32.2. The molecule has 0 radical (unpaired) electrons. The summed E-state index contributed by atoms with van der Waals surface area (Å²) in [4.78, 5) is 23.6. The smallest absolute Gasteiger partial charge is 0.329 e. The first-order chi connectivity index (χ1) is 9.62. The van der Waals surface area contributed by atoms with E-state index < -0.39 is 11.5 Å². The molecule has 0 atom stereocenters. The predicted molar refractivity (Wildman–Crippen MR) is 81.3 cm³/mol. The van der Waals surface area contributed by atoms with E-state index in [9.17, 15) is 14.7 Å². The summed E-state index contributed by atoms with van der Waals surface area (Å²) < 4.78 is 1.07. The lowest BCUT2D eigenvalue weighted by atomic mass is 9.90. The summed E-state index contributed by atoms with van der Waals surface area (Å²) in [7, 11) is 0. The third kappa shape index (κ3) is 3.99. The van der Waals surface area contributed by atoms with Gasteiger partial charge >= 0.3 is 5.97 Å². The van der Waals surface area contributed by atoms with E-state index in [-0.39, 0.29) is 11.7 Å². The van der Waals surface area contributed by atoms with Crippen molar-refractivity contribution >= 4 is 35.0 Å². The Morgan fingerprint density at radius 3 is 2.55 bits per heavy atom. The summed E-state index contributed by atoms with van der Waals surface area (Å²) in [5.41, 5.74) is -1.05. The van der Waals surface area contributed by atoms with E-state index in [0.717, 1.165) is 29.9 Å². The van der Waals surface area contributed by atoms with Crippen molar-refractivity contribution in [3.05, 3.63) is 17.5 Å². The second-order valence-electron chi connectivity index (χ2n) is 5.07. The van der Waals surface area contributed by atoms with E-state index in [4.69, 9.17) is 0 Å². The Morgan fingerprint density at radius 1 is 1.30 bits per heavy atom. The van der Waals surface area contributed by atoms with Gasteiger partial charge in [-0.15, -0.1) is 23.1 Å². The van der Waals surface area contributed by atoms with Crippen LogP contribution in [0.2, 0.25) is 0 Å². The molecule has 20 heavy (non-hydrogen) atoms. The van der Waals surface area contributed by atoms with E-state index in [1.165, 1.54) is 11.8 Å². The monoisotopic (exact) mass is 313 g/mol. The van der Waals surface area contributed by atoms with E-state index in [0.29, 0.717) is 12.8 Å². The summed E-state index contributed by atoms with van der Waals surface area (Å²) in [5.74, 6) is -0.809. The number of aliphatic carboxylic acids is 1. The number of thiophene rings is 1. The molecule has 1 saturated carbocycles. The van der Waals surface area contributed by atoms with Gasteiger partial charge in [0.1, 0.15) is 5.54 Å². The van der Waals surface area contributed by atoms with Crippen LogP contribution in [0.3, 0.4) is 0 Å². The van der Waals surface area contributed by atoms with Crippen LogP contribution in [-0.4, -0.2) is 28.3 Å². The van der Waals surface area contributed by atoms with Gasteiger partial charge in [-0.3, -0.25) is 4.79 Å². The Morgan fingerprint density at radius 2 is 2.00 bits per heavy atom. The second kappa shape index (κ2) is 7.13. The van der Waals surface area contributed by atoms with Crippen molar-refractivity contribution < 1.29 is 14.7 Å². The van der Waals surface area contributed by atoms with Crippen molar-refractivity contribution in [2.45, 2.75) is 48.3 Å². The zero-order valence-electron chi connectivity index (χ0n) is 11.3. The molecule has 0 aromatic carbocycles. The molecule has 2 rings (SSSR count). The number of rotatable bonds is 5. The van der Waals surface area contributed by atoms with Gasteiger partial charge in [0.05, 0.1) is 9.96 Å². The van der Waals surface area contributed by atoms with Crippen LogP contribution in [0, 0.1) is 0 Å². The average molecular weight is 313 g/mol. The molecule has 0 unspecified atom stereocenters. The molecule has 0 saturated heterocycles. The molecule has 2 N–H and O–H groups in total. The Hall–Kier alpha value is -1.01. The number of hydrogen-bond donors (Lipinski definition) is 2. The summed E-state index contributed by atoms with van der Waals surface area (Å²) in [6.07, 6.45) is 4.91. The van der Waals surface area contributed by atoms with Crippen LogP contribution in [0.5, 0.6) is 0 Å². The number of hydrogen-bond acceptors (Lipinski definition) is 4. The SMILES string of the molecule is O=C(CSc1cccs1)NC1(C(=O)O)CCCCCC1. The lowest BCUT2D eigenvalue weighted by Gasteiger charge is -2.29. The first-order valence-electron chi connectivity index (χ1n) is 6.83. The standard InChI is InChI=1S/C14H19NO3S2/c16-11(10-20-12-6-5-9-19-12)15-14(13(17)18)7-3-1-2-4-8-14/h5-6,9H,1-4,7-8,10H2,(H,15,16)(H,17,18). The first-order valence-corrected chi connectivity index (χ1v) is 8.70. The normalized spacial score (nSPS) is 18.2. The fourth-order valence-electron chi connectivity index (χ4n) is 2.51. The number of carbonyl (C=O) groups is 2. The van der Waals surface area contributed by atoms with Crippen LogP contribution in [0.25, 0.3) is 0 Å². The zero-order chi connectivity index (χ0) is 14.4. The molecule has 1 aliphatic carbocycles. The third-order valence-corrected chi connectivity index (χ3v) is 5.72. The van der Waals surface area contributed by atoms with Gasteiger partial charge in [0.2, 0.25) is 5.91 Å². The molecule has 1 fully saturated rings. The molecule has 1 heterocycles. The number of thioether (sulfide) groups is 1. The third-order valence-electron chi connectivity index (χ3n) is 3.59. The lowest BCUT2D eigenvalue weighted by Crippen LogP contribution is -2.54. The van der Waals surface area contributed by atoms with Crippen LogP contribution in [0.15, 0.2) is 21.7 Å². The van der Waals surface area contributed by atoms with Crippen molar-refractivity contribution in [3.8, 4) is 0 Å². The van der Waals surface area contributed by atoms with Crippen LogP contribution < -0.4 is 5.32 Å². The molecule has 0 spiro atoms. The van der Waals surface area contributed by atoms with E-state index in [1.54, 1.807) is 11.3 Å². The highest BCUT2D eigenvalue weighted by molar-refractivity contribution is 8.01. The largest absolute Gasteiger partial charge is 0.480 e. The molecule has 1 aromatic heterocycles. The maximum absolute atomic E-state index is 12.0. The minimum absolute atomic E-state index is 0.187. The molecular formula is C14H19NO3S2. The number of amides is 1. The Kier molecular flexibility index (Phi) is 5.48. The van der Waals surface area contributed by atoms with Gasteiger partial charge in [0, 0.05) is 0 Å². The lowest BCUT2D eigenvalue weighted by molar-refractivity contribution is -0.148. The van der Waals surface area contributed by atoms with Gasteiger partial charge in [-0.25, -0.2) is 4.79 Å². The van der Waals surface area contributed by atoms with Gasteiger partial charge in [-0.2, -0.15) is 0 Å². The highest BCUT2D eigenvalue weighted by Crippen LogP contribution is 2.28. The molecule has 1 aliphatic rings. The average Bonchev–Trinajstić information content (AvgIpc) is 2.82. The summed E-state index contributed by atoms with van der Waals surface area (Å²) in [5, 5.41) is 14.2. The van der Waals surface area contributed by atoms with Crippen LogP contribution in [0.1, 0.15) is 38.5 Å². The van der Waals surface area contributed by atoms with Gasteiger partial charge in [0.25, 0.3) is 0 Å². The number of carboxylic acid groups (broad SMARTS) is 1. The fraction of sp³-hybridized carbons (Fsp3) is 0.571. The number of carboxylic acids is 1. The molecule has 1 amide bonds. The summed E-state index contributed by atoms with van der Waals surface area (Å²) >= 11 is 3.04. The fourth-order valence-corrected chi connectivity index (χ4v) is 4.09. The van der Waals surface area contributed by atoms with E-state index in [2.05, 4.69) is 5.32 Å². The molecular weight excluding hydrogens is 294 g/mol. The maximum atomic E-state index is 12.0. The van der Waals surface area contributed by atoms with E-state index in [1.807, 2.05) is 17.5 Å². The Bertz CT molecular complexity index is 451. The van der Waals surface area contributed by atoms with Crippen LogP contribution >= 0.6 is 23.1 Å². The van der Waals surface area contributed by atoms with Crippen LogP contribution in [0.4, 0.5) is 0 Å². The van der Waals surface area contributed by atoms with E-state index >= 15 is 0 Å². The zero-order valence-corrected chi connectivity index (χ0v) is 12.9. The predicted octanol–water partition coefficient (Wildman–Crippen LogP) is 3.13. The van der Waals surface area contributed by atoms with Crippen molar-refractivity contribution in [1.29, 1.82) is 0 Å². The quantitative estimate of drug-likeness (QED) is 0.647.